The summed E-state index contributed by atoms with van der Waals surface area (Å²) in [6.45, 7) is 4.36. The number of hydrogen-bond acceptors (Lipinski definition) is 1. The molecule has 0 bridgehead atoms. The van der Waals surface area contributed by atoms with E-state index in [1.54, 1.807) is 0 Å². The Morgan fingerprint density at radius 3 is 2.56 bits per heavy atom. The molecule has 0 radical (unpaired) electrons. The van der Waals surface area contributed by atoms with Gasteiger partial charge in [0.1, 0.15) is 0 Å². The molecule has 100 valence electrons. The lowest BCUT2D eigenvalue weighted by molar-refractivity contribution is 0.0195. The van der Waals surface area contributed by atoms with E-state index in [0.717, 1.165) is 30.7 Å². The van der Waals surface area contributed by atoms with Gasteiger partial charge in [-0.25, -0.2) is 0 Å². The Bertz CT molecular complexity index is 368. The molecule has 0 saturated heterocycles. The first-order chi connectivity index (χ1) is 8.64. The molecule has 1 saturated carbocycles. The first-order valence-corrected chi connectivity index (χ1v) is 7.43. The van der Waals surface area contributed by atoms with Gasteiger partial charge in [-0.05, 0) is 44.1 Å². The van der Waals surface area contributed by atoms with Crippen LogP contribution in [-0.4, -0.2) is 5.11 Å². The molecule has 1 aliphatic rings. The Hall–Kier alpha value is -0.820. The van der Waals surface area contributed by atoms with Crippen molar-refractivity contribution in [1.29, 1.82) is 0 Å². The number of benzene rings is 1. The molecule has 18 heavy (non-hydrogen) atoms. The van der Waals surface area contributed by atoms with Crippen LogP contribution in [0.5, 0.6) is 0 Å². The van der Waals surface area contributed by atoms with Crippen LogP contribution in [0.4, 0.5) is 0 Å². The van der Waals surface area contributed by atoms with Crippen LogP contribution in [-0.2, 0) is 5.60 Å². The summed E-state index contributed by atoms with van der Waals surface area (Å²) < 4.78 is 0. The summed E-state index contributed by atoms with van der Waals surface area (Å²) in [7, 11) is 0. The van der Waals surface area contributed by atoms with E-state index in [2.05, 4.69) is 38.1 Å². The van der Waals surface area contributed by atoms with Gasteiger partial charge in [0.2, 0.25) is 0 Å². The van der Waals surface area contributed by atoms with Crippen LogP contribution in [0.1, 0.15) is 63.0 Å². The summed E-state index contributed by atoms with van der Waals surface area (Å²) in [5.74, 6) is 0.828. The highest BCUT2D eigenvalue weighted by Crippen LogP contribution is 2.38. The highest BCUT2D eigenvalue weighted by atomic mass is 16.3. The predicted octanol–water partition coefficient (Wildman–Crippen LogP) is 4.56. The van der Waals surface area contributed by atoms with Gasteiger partial charge in [-0.15, -0.1) is 0 Å². The monoisotopic (exact) mass is 246 g/mol. The Labute approximate surface area is 111 Å². The van der Waals surface area contributed by atoms with Crippen LogP contribution in [0.3, 0.4) is 0 Å². The molecule has 1 fully saturated rings. The molecule has 2 atom stereocenters. The van der Waals surface area contributed by atoms with Crippen molar-refractivity contribution in [2.45, 2.75) is 64.4 Å². The first-order valence-electron chi connectivity index (χ1n) is 7.43. The summed E-state index contributed by atoms with van der Waals surface area (Å²) in [5.41, 5.74) is 1.81. The lowest BCUT2D eigenvalue weighted by Crippen LogP contribution is -2.24. The minimum atomic E-state index is -0.573. The number of rotatable bonds is 3. The van der Waals surface area contributed by atoms with Gasteiger partial charge in [0.15, 0.2) is 0 Å². The van der Waals surface area contributed by atoms with E-state index in [0.29, 0.717) is 0 Å². The molecule has 1 aromatic carbocycles. The third kappa shape index (κ3) is 3.14. The van der Waals surface area contributed by atoms with Crippen LogP contribution in [0, 0.1) is 12.8 Å². The Kier molecular flexibility index (Phi) is 4.45. The van der Waals surface area contributed by atoms with E-state index >= 15 is 0 Å². The highest BCUT2D eigenvalue weighted by Gasteiger charge is 2.32. The standard InChI is InChI=1S/C17H26O/c1-3-5-15-6-4-12-17(18,13-11-15)16-9-7-14(2)8-10-16/h7-10,15,18H,3-6,11-13H2,1-2H3. The molecule has 1 N–H and O–H groups in total. The average Bonchev–Trinajstić information content (AvgIpc) is 2.54. The summed E-state index contributed by atoms with van der Waals surface area (Å²) in [4.78, 5) is 0. The maximum absolute atomic E-state index is 10.9. The Balaban J connectivity index is 2.09. The van der Waals surface area contributed by atoms with Crippen LogP contribution in [0.25, 0.3) is 0 Å². The van der Waals surface area contributed by atoms with Crippen molar-refractivity contribution >= 4 is 0 Å². The smallest absolute Gasteiger partial charge is 0.0896 e. The SMILES string of the molecule is CCCC1CCCC(O)(c2ccc(C)cc2)CC1. The van der Waals surface area contributed by atoms with E-state index < -0.39 is 5.60 Å². The molecule has 0 heterocycles. The highest BCUT2D eigenvalue weighted by molar-refractivity contribution is 5.26. The maximum atomic E-state index is 10.9. The summed E-state index contributed by atoms with van der Waals surface area (Å²) in [6, 6.07) is 8.44. The largest absolute Gasteiger partial charge is 0.385 e. The molecule has 1 aromatic rings. The third-order valence-electron chi connectivity index (χ3n) is 4.45. The van der Waals surface area contributed by atoms with Gasteiger partial charge < -0.3 is 5.11 Å². The molecule has 1 nitrogen and oxygen atoms in total. The summed E-state index contributed by atoms with van der Waals surface area (Å²) >= 11 is 0. The van der Waals surface area contributed by atoms with E-state index in [9.17, 15) is 5.11 Å². The Morgan fingerprint density at radius 2 is 1.89 bits per heavy atom. The predicted molar refractivity (Wildman–Crippen MR) is 76.6 cm³/mol. The Morgan fingerprint density at radius 1 is 1.17 bits per heavy atom. The van der Waals surface area contributed by atoms with E-state index in [-0.39, 0.29) is 0 Å². The fourth-order valence-corrected chi connectivity index (χ4v) is 3.24. The van der Waals surface area contributed by atoms with Crippen LogP contribution in [0.15, 0.2) is 24.3 Å². The van der Waals surface area contributed by atoms with Crippen LogP contribution >= 0.6 is 0 Å². The number of aryl methyl sites for hydroxylation is 1. The van der Waals surface area contributed by atoms with Crippen molar-refractivity contribution < 1.29 is 5.11 Å². The van der Waals surface area contributed by atoms with Crippen molar-refractivity contribution in [1.82, 2.24) is 0 Å². The number of aliphatic hydroxyl groups is 1. The maximum Gasteiger partial charge on any atom is 0.0896 e. The quantitative estimate of drug-likeness (QED) is 0.775. The van der Waals surface area contributed by atoms with E-state index in [1.807, 2.05) is 0 Å². The molecule has 1 aliphatic carbocycles. The van der Waals surface area contributed by atoms with Crippen LogP contribution in [0.2, 0.25) is 0 Å². The molecule has 1 heteroatoms. The van der Waals surface area contributed by atoms with Gasteiger partial charge in [0.25, 0.3) is 0 Å². The summed E-state index contributed by atoms with van der Waals surface area (Å²) in [6.07, 6.45) is 8.09. The lowest BCUT2D eigenvalue weighted by Gasteiger charge is -2.27. The molecular weight excluding hydrogens is 220 g/mol. The summed E-state index contributed by atoms with van der Waals surface area (Å²) in [5, 5.41) is 10.9. The molecule has 0 spiro atoms. The third-order valence-corrected chi connectivity index (χ3v) is 4.45. The zero-order valence-corrected chi connectivity index (χ0v) is 11.8. The van der Waals surface area contributed by atoms with Gasteiger partial charge in [-0.1, -0.05) is 56.0 Å². The minimum Gasteiger partial charge on any atom is -0.385 e. The first kappa shape index (κ1) is 13.6. The van der Waals surface area contributed by atoms with Gasteiger partial charge in [-0.2, -0.15) is 0 Å². The zero-order valence-electron chi connectivity index (χ0n) is 11.8. The molecule has 2 rings (SSSR count). The fraction of sp³-hybridized carbons (Fsp3) is 0.647. The van der Waals surface area contributed by atoms with Crippen LogP contribution < -0.4 is 0 Å². The van der Waals surface area contributed by atoms with Gasteiger partial charge >= 0.3 is 0 Å². The minimum absolute atomic E-state index is 0.573. The van der Waals surface area contributed by atoms with Crippen molar-refractivity contribution in [3.8, 4) is 0 Å². The van der Waals surface area contributed by atoms with Crippen molar-refractivity contribution in [3.63, 3.8) is 0 Å². The van der Waals surface area contributed by atoms with Crippen molar-refractivity contribution in [2.24, 2.45) is 5.92 Å². The average molecular weight is 246 g/mol. The second-order valence-corrected chi connectivity index (χ2v) is 5.98. The fourth-order valence-electron chi connectivity index (χ4n) is 3.24. The topological polar surface area (TPSA) is 20.2 Å². The van der Waals surface area contributed by atoms with E-state index in [4.69, 9.17) is 0 Å². The molecule has 2 unspecified atom stereocenters. The van der Waals surface area contributed by atoms with Gasteiger partial charge in [0, 0.05) is 0 Å². The van der Waals surface area contributed by atoms with Crippen molar-refractivity contribution in [2.75, 3.05) is 0 Å². The van der Waals surface area contributed by atoms with Crippen molar-refractivity contribution in [3.05, 3.63) is 35.4 Å². The molecular formula is C17H26O. The second-order valence-electron chi connectivity index (χ2n) is 5.98. The zero-order chi connectivity index (χ0) is 13.0. The van der Waals surface area contributed by atoms with Gasteiger partial charge in [-0.3, -0.25) is 0 Å². The molecule has 0 aromatic heterocycles. The second kappa shape index (κ2) is 5.88. The number of hydrogen-bond donors (Lipinski definition) is 1. The van der Waals surface area contributed by atoms with Gasteiger partial charge in [0.05, 0.1) is 5.60 Å². The lowest BCUT2D eigenvalue weighted by atomic mass is 9.85. The normalized spacial score (nSPS) is 28.9. The molecule has 0 aliphatic heterocycles. The molecule has 0 amide bonds. The van der Waals surface area contributed by atoms with E-state index in [1.165, 1.54) is 31.2 Å².